The van der Waals surface area contributed by atoms with E-state index in [0.29, 0.717) is 13.1 Å². The summed E-state index contributed by atoms with van der Waals surface area (Å²) in [4.78, 5) is 24.1. The fourth-order valence-corrected chi connectivity index (χ4v) is 4.24. The summed E-state index contributed by atoms with van der Waals surface area (Å²) in [6.45, 7) is 2.45. The standard InChI is InChI=1S/C14H18N4O5S/c1-10(13(19)23-2)18-14(20)17-9-11(5-6-12(17)15-18)24(21,22)16-7-3-4-8-16/h5-6,9-10H,3-4,7-8H2,1-2H3. The second-order valence-corrected chi connectivity index (χ2v) is 7.57. The average molecular weight is 354 g/mol. The number of fused-ring (bicyclic) bond motifs is 1. The van der Waals surface area contributed by atoms with Gasteiger partial charge in [-0.1, -0.05) is 0 Å². The summed E-state index contributed by atoms with van der Waals surface area (Å²) in [6, 6.07) is 1.97. The minimum Gasteiger partial charge on any atom is -0.467 e. The minimum atomic E-state index is -3.63. The first-order chi connectivity index (χ1) is 11.4. The first kappa shape index (κ1) is 16.7. The van der Waals surface area contributed by atoms with Crippen LogP contribution in [0.3, 0.4) is 0 Å². The van der Waals surface area contributed by atoms with Crippen LogP contribution in [-0.2, 0) is 19.6 Å². The van der Waals surface area contributed by atoms with E-state index in [-0.39, 0.29) is 10.5 Å². The molecule has 1 unspecified atom stereocenters. The molecule has 3 rings (SSSR count). The van der Waals surface area contributed by atoms with Crippen LogP contribution in [0.25, 0.3) is 5.65 Å². The number of aromatic nitrogens is 3. The molecule has 0 aromatic carbocycles. The summed E-state index contributed by atoms with van der Waals surface area (Å²) in [7, 11) is -2.41. The highest BCUT2D eigenvalue weighted by Crippen LogP contribution is 2.20. The molecule has 0 amide bonds. The summed E-state index contributed by atoms with van der Waals surface area (Å²) in [5.74, 6) is -0.606. The highest BCUT2D eigenvalue weighted by molar-refractivity contribution is 7.89. The second kappa shape index (κ2) is 6.02. The lowest BCUT2D eigenvalue weighted by molar-refractivity contribution is -0.144. The van der Waals surface area contributed by atoms with E-state index in [4.69, 9.17) is 0 Å². The topological polar surface area (TPSA) is 103 Å². The Balaban J connectivity index is 2.07. The van der Waals surface area contributed by atoms with E-state index in [1.807, 2.05) is 0 Å². The van der Waals surface area contributed by atoms with Gasteiger partial charge in [-0.3, -0.25) is 0 Å². The molecule has 0 saturated carbocycles. The third-order valence-corrected chi connectivity index (χ3v) is 6.01. The fraction of sp³-hybridized carbons (Fsp3) is 0.500. The van der Waals surface area contributed by atoms with Crippen molar-refractivity contribution >= 4 is 21.6 Å². The number of carbonyl (C=O) groups excluding carboxylic acids is 1. The van der Waals surface area contributed by atoms with E-state index >= 15 is 0 Å². The molecule has 2 aromatic rings. The lowest BCUT2D eigenvalue weighted by atomic mass is 10.3. The zero-order valence-electron chi connectivity index (χ0n) is 13.4. The van der Waals surface area contributed by atoms with Crippen LogP contribution in [0.2, 0.25) is 0 Å². The van der Waals surface area contributed by atoms with Gasteiger partial charge in [0, 0.05) is 19.3 Å². The molecule has 0 radical (unpaired) electrons. The van der Waals surface area contributed by atoms with Crippen LogP contribution >= 0.6 is 0 Å². The zero-order chi connectivity index (χ0) is 17.5. The molecule has 3 heterocycles. The molecular formula is C14H18N4O5S. The number of nitrogens with zero attached hydrogens (tertiary/aromatic N) is 4. The molecule has 24 heavy (non-hydrogen) atoms. The van der Waals surface area contributed by atoms with Crippen LogP contribution in [0.1, 0.15) is 25.8 Å². The number of esters is 1. The summed E-state index contributed by atoms with van der Waals surface area (Å²) in [5, 5.41) is 4.06. The molecule has 0 spiro atoms. The number of pyridine rings is 1. The van der Waals surface area contributed by atoms with Crippen LogP contribution < -0.4 is 5.69 Å². The lowest BCUT2D eigenvalue weighted by Crippen LogP contribution is -2.30. The normalized spacial score (nSPS) is 17.2. The van der Waals surface area contributed by atoms with Crippen molar-refractivity contribution < 1.29 is 17.9 Å². The Bertz CT molecular complexity index is 940. The van der Waals surface area contributed by atoms with Gasteiger partial charge in [0.25, 0.3) is 0 Å². The predicted molar refractivity (Wildman–Crippen MR) is 84.2 cm³/mol. The van der Waals surface area contributed by atoms with Gasteiger partial charge in [-0.15, -0.1) is 5.10 Å². The lowest BCUT2D eigenvalue weighted by Gasteiger charge is -2.15. The van der Waals surface area contributed by atoms with Gasteiger partial charge < -0.3 is 4.74 Å². The quantitative estimate of drug-likeness (QED) is 0.717. The number of hydrogen-bond acceptors (Lipinski definition) is 6. The van der Waals surface area contributed by atoms with E-state index < -0.39 is 27.7 Å². The van der Waals surface area contributed by atoms with Crippen molar-refractivity contribution in [2.24, 2.45) is 0 Å². The van der Waals surface area contributed by atoms with E-state index in [1.165, 1.54) is 36.7 Å². The van der Waals surface area contributed by atoms with Crippen molar-refractivity contribution in [3.8, 4) is 0 Å². The third-order valence-electron chi connectivity index (χ3n) is 4.12. The first-order valence-electron chi connectivity index (χ1n) is 7.55. The van der Waals surface area contributed by atoms with Crippen LogP contribution in [0.4, 0.5) is 0 Å². The maximum atomic E-state index is 12.6. The van der Waals surface area contributed by atoms with Crippen molar-refractivity contribution in [3.63, 3.8) is 0 Å². The van der Waals surface area contributed by atoms with E-state index in [9.17, 15) is 18.0 Å². The van der Waals surface area contributed by atoms with Crippen LogP contribution in [-0.4, -0.2) is 53.1 Å². The van der Waals surface area contributed by atoms with Gasteiger partial charge in [0.1, 0.15) is 0 Å². The summed E-state index contributed by atoms with van der Waals surface area (Å²) in [5.41, 5.74) is -0.336. The first-order valence-corrected chi connectivity index (χ1v) is 8.99. The molecular weight excluding hydrogens is 336 g/mol. The molecule has 0 aliphatic carbocycles. The molecule has 0 bridgehead atoms. The number of rotatable bonds is 4. The summed E-state index contributed by atoms with van der Waals surface area (Å²) >= 11 is 0. The molecule has 10 heteroatoms. The Morgan fingerprint density at radius 1 is 1.29 bits per heavy atom. The summed E-state index contributed by atoms with van der Waals surface area (Å²) in [6.07, 6.45) is 2.91. The molecule has 1 atom stereocenters. The maximum absolute atomic E-state index is 12.6. The van der Waals surface area contributed by atoms with Crippen LogP contribution in [0, 0.1) is 0 Å². The van der Waals surface area contributed by atoms with Gasteiger partial charge in [0.15, 0.2) is 11.7 Å². The molecule has 1 saturated heterocycles. The van der Waals surface area contributed by atoms with Crippen molar-refractivity contribution in [3.05, 3.63) is 28.8 Å². The molecule has 130 valence electrons. The Labute approximate surface area is 138 Å². The van der Waals surface area contributed by atoms with E-state index in [2.05, 4.69) is 9.84 Å². The van der Waals surface area contributed by atoms with Gasteiger partial charge in [-0.25, -0.2) is 22.4 Å². The number of ether oxygens (including phenoxy) is 1. The monoisotopic (exact) mass is 354 g/mol. The molecule has 1 aliphatic heterocycles. The van der Waals surface area contributed by atoms with Crippen molar-refractivity contribution in [1.82, 2.24) is 18.5 Å². The van der Waals surface area contributed by atoms with Crippen molar-refractivity contribution in [2.75, 3.05) is 20.2 Å². The van der Waals surface area contributed by atoms with Gasteiger partial charge in [-0.2, -0.15) is 8.99 Å². The maximum Gasteiger partial charge on any atom is 0.351 e. The van der Waals surface area contributed by atoms with Crippen LogP contribution in [0.5, 0.6) is 0 Å². The van der Waals surface area contributed by atoms with E-state index in [1.54, 1.807) is 0 Å². The molecule has 1 aliphatic rings. The van der Waals surface area contributed by atoms with Crippen molar-refractivity contribution in [2.45, 2.75) is 30.7 Å². The third kappa shape index (κ3) is 2.61. The predicted octanol–water partition coefficient (Wildman–Crippen LogP) is 0.0145. The Morgan fingerprint density at radius 3 is 2.58 bits per heavy atom. The molecule has 2 aromatic heterocycles. The summed E-state index contributed by atoms with van der Waals surface area (Å²) < 4.78 is 33.3. The second-order valence-electron chi connectivity index (χ2n) is 5.63. The highest BCUT2D eigenvalue weighted by Gasteiger charge is 2.28. The van der Waals surface area contributed by atoms with Crippen molar-refractivity contribution in [1.29, 1.82) is 0 Å². The minimum absolute atomic E-state index is 0.0317. The van der Waals surface area contributed by atoms with E-state index in [0.717, 1.165) is 21.9 Å². The van der Waals surface area contributed by atoms with Gasteiger partial charge in [0.2, 0.25) is 10.0 Å². The van der Waals surface area contributed by atoms with Crippen LogP contribution in [0.15, 0.2) is 28.0 Å². The smallest absolute Gasteiger partial charge is 0.351 e. The number of sulfonamides is 1. The Hall–Kier alpha value is -2.20. The highest BCUT2D eigenvalue weighted by atomic mass is 32.2. The Morgan fingerprint density at radius 2 is 1.96 bits per heavy atom. The SMILES string of the molecule is COC(=O)C(C)n1nc2ccc(S(=O)(=O)N3CCCC3)cn2c1=O. The number of carbonyl (C=O) groups is 1. The molecule has 1 fully saturated rings. The van der Waals surface area contributed by atoms with Gasteiger partial charge in [-0.05, 0) is 31.9 Å². The largest absolute Gasteiger partial charge is 0.467 e. The molecule has 9 nitrogen and oxygen atoms in total. The fourth-order valence-electron chi connectivity index (χ4n) is 2.72. The number of methoxy groups -OCH3 is 1. The Kier molecular flexibility index (Phi) is 4.18. The zero-order valence-corrected chi connectivity index (χ0v) is 14.2. The average Bonchev–Trinajstić information content (AvgIpc) is 3.22. The van der Waals surface area contributed by atoms with Gasteiger partial charge >= 0.3 is 11.7 Å². The molecule has 0 N–H and O–H groups in total. The van der Waals surface area contributed by atoms with Gasteiger partial charge in [0.05, 0.1) is 12.0 Å². The number of hydrogen-bond donors (Lipinski definition) is 0.